The van der Waals surface area contributed by atoms with Crippen molar-refractivity contribution in [1.82, 2.24) is 20.2 Å². The van der Waals surface area contributed by atoms with Crippen molar-refractivity contribution in [1.29, 1.82) is 0 Å². The van der Waals surface area contributed by atoms with Crippen molar-refractivity contribution in [3.63, 3.8) is 0 Å². The largest absolute Gasteiger partial charge is 0.355 e. The van der Waals surface area contributed by atoms with Gasteiger partial charge in [0.25, 0.3) is 5.95 Å². The Hall–Kier alpha value is -2.90. The van der Waals surface area contributed by atoms with Crippen LogP contribution in [0.5, 0.6) is 0 Å². The predicted molar refractivity (Wildman–Crippen MR) is 119 cm³/mol. The van der Waals surface area contributed by atoms with Crippen molar-refractivity contribution < 1.29 is 4.39 Å². The lowest BCUT2D eigenvalue weighted by atomic mass is 10.0. The first-order valence-electron chi connectivity index (χ1n) is 9.29. The van der Waals surface area contributed by atoms with Crippen LogP contribution in [0.3, 0.4) is 0 Å². The Morgan fingerprint density at radius 3 is 2.60 bits per heavy atom. The normalized spacial score (nSPS) is 14.2. The van der Waals surface area contributed by atoms with Crippen molar-refractivity contribution in [2.75, 3.05) is 23.3 Å². The van der Waals surface area contributed by atoms with Crippen LogP contribution in [0.2, 0.25) is 5.02 Å². The van der Waals surface area contributed by atoms with E-state index in [1.54, 1.807) is 19.2 Å². The lowest BCUT2D eigenvalue weighted by Crippen LogP contribution is -2.31. The highest BCUT2D eigenvalue weighted by Gasteiger charge is 2.22. The van der Waals surface area contributed by atoms with Crippen LogP contribution >= 0.6 is 23.2 Å². The number of aryl methyl sites for hydroxylation is 1. The summed E-state index contributed by atoms with van der Waals surface area (Å²) in [6.45, 7) is 5.24. The second-order valence-electron chi connectivity index (χ2n) is 6.91. The first kappa shape index (κ1) is 20.4. The summed E-state index contributed by atoms with van der Waals surface area (Å²) >= 11 is 12.6. The molecule has 0 unspecified atom stereocenters. The number of aromatic nitrogens is 4. The minimum absolute atomic E-state index is 0.258. The van der Waals surface area contributed by atoms with E-state index in [-0.39, 0.29) is 5.56 Å². The molecule has 0 radical (unpaired) electrons. The number of hydrogen-bond acceptors (Lipinski definition) is 5. The highest BCUT2D eigenvalue weighted by Crippen LogP contribution is 2.32. The molecular weight excluding hydrogens is 426 g/mol. The van der Waals surface area contributed by atoms with Gasteiger partial charge in [-0.05, 0) is 40.6 Å². The molecule has 1 aliphatic heterocycles. The van der Waals surface area contributed by atoms with Gasteiger partial charge in [0.05, 0.1) is 17.6 Å². The predicted octanol–water partition coefficient (Wildman–Crippen LogP) is 4.95. The van der Waals surface area contributed by atoms with Gasteiger partial charge < -0.3 is 10.2 Å². The SMILES string of the molecule is C=C(Nc1ccc(C2=C(Cl)CCN(c3nnn(C)n3)C2)cc1)c1c(F)cccc1Cl. The number of nitrogens with zero attached hydrogens (tertiary/aromatic N) is 5. The van der Waals surface area contributed by atoms with Crippen LogP contribution in [0.15, 0.2) is 54.1 Å². The van der Waals surface area contributed by atoms with Gasteiger partial charge >= 0.3 is 0 Å². The van der Waals surface area contributed by atoms with Gasteiger partial charge in [-0.2, -0.15) is 4.80 Å². The van der Waals surface area contributed by atoms with Gasteiger partial charge in [-0.15, -0.1) is 5.10 Å². The molecule has 154 valence electrons. The fourth-order valence-corrected chi connectivity index (χ4v) is 3.87. The van der Waals surface area contributed by atoms with E-state index in [0.717, 1.165) is 28.4 Å². The molecule has 1 aliphatic rings. The molecular formula is C21H19Cl2FN6. The van der Waals surface area contributed by atoms with E-state index in [1.807, 2.05) is 29.2 Å². The quantitative estimate of drug-likeness (QED) is 0.603. The molecule has 0 bridgehead atoms. The van der Waals surface area contributed by atoms with Gasteiger partial charge in [-0.25, -0.2) is 4.39 Å². The summed E-state index contributed by atoms with van der Waals surface area (Å²) in [7, 11) is 1.73. The van der Waals surface area contributed by atoms with Crippen molar-refractivity contribution in [3.8, 4) is 0 Å². The highest BCUT2D eigenvalue weighted by molar-refractivity contribution is 6.33. The lowest BCUT2D eigenvalue weighted by molar-refractivity contribution is 0.624. The number of anilines is 2. The molecule has 0 fully saturated rings. The molecule has 1 N–H and O–H groups in total. The first-order valence-corrected chi connectivity index (χ1v) is 10.0. The number of tetrazole rings is 1. The summed E-state index contributed by atoms with van der Waals surface area (Å²) in [5, 5.41) is 16.5. The Morgan fingerprint density at radius 1 is 1.17 bits per heavy atom. The zero-order chi connectivity index (χ0) is 21.3. The van der Waals surface area contributed by atoms with Gasteiger partial charge in [0, 0.05) is 35.9 Å². The van der Waals surface area contributed by atoms with Crippen molar-refractivity contribution >= 4 is 46.1 Å². The maximum atomic E-state index is 14.1. The van der Waals surface area contributed by atoms with Crippen LogP contribution < -0.4 is 10.2 Å². The molecule has 30 heavy (non-hydrogen) atoms. The second-order valence-corrected chi connectivity index (χ2v) is 7.77. The summed E-state index contributed by atoms with van der Waals surface area (Å²) in [5.74, 6) is 0.156. The van der Waals surface area contributed by atoms with Crippen LogP contribution in [0.1, 0.15) is 17.5 Å². The zero-order valence-electron chi connectivity index (χ0n) is 16.2. The Morgan fingerprint density at radius 2 is 1.93 bits per heavy atom. The Labute approximate surface area is 183 Å². The van der Waals surface area contributed by atoms with Crippen LogP contribution in [0.4, 0.5) is 16.0 Å². The number of hydrogen-bond donors (Lipinski definition) is 1. The summed E-state index contributed by atoms with van der Waals surface area (Å²) in [4.78, 5) is 3.48. The molecule has 1 aromatic heterocycles. The van der Waals surface area contributed by atoms with Crippen LogP contribution in [0.25, 0.3) is 11.3 Å². The molecule has 0 aliphatic carbocycles. The fourth-order valence-electron chi connectivity index (χ4n) is 3.34. The standard InChI is InChI=1S/C21H19Cl2FN6/c1-13(20-18(23)4-3-5-19(20)24)25-15-8-6-14(7-9-15)16-12-30(11-10-17(16)22)21-26-28-29(2)27-21/h3-9,25H,1,10-12H2,2H3. The molecule has 4 rings (SSSR count). The topological polar surface area (TPSA) is 58.9 Å². The molecule has 2 aromatic carbocycles. The molecule has 3 aromatic rings. The molecule has 0 spiro atoms. The van der Waals surface area contributed by atoms with Crippen molar-refractivity contribution in [2.45, 2.75) is 6.42 Å². The molecule has 9 heteroatoms. The smallest absolute Gasteiger partial charge is 0.266 e. The monoisotopic (exact) mass is 444 g/mol. The van der Waals surface area contributed by atoms with E-state index in [0.29, 0.717) is 29.6 Å². The summed E-state index contributed by atoms with van der Waals surface area (Å²) in [6.07, 6.45) is 0.706. The first-order chi connectivity index (χ1) is 14.4. The van der Waals surface area contributed by atoms with Crippen LogP contribution in [0, 0.1) is 5.82 Å². The molecule has 0 saturated heterocycles. The third kappa shape index (κ3) is 4.17. The summed E-state index contributed by atoms with van der Waals surface area (Å²) in [6, 6.07) is 12.3. The van der Waals surface area contributed by atoms with Crippen molar-refractivity contribution in [3.05, 3.63) is 76.0 Å². The summed E-state index contributed by atoms with van der Waals surface area (Å²) < 4.78 is 14.1. The van der Waals surface area contributed by atoms with E-state index in [2.05, 4.69) is 27.3 Å². The maximum absolute atomic E-state index is 14.1. The molecule has 0 atom stereocenters. The van der Waals surface area contributed by atoms with E-state index in [1.165, 1.54) is 10.9 Å². The third-order valence-corrected chi connectivity index (χ3v) is 5.58. The van der Waals surface area contributed by atoms with Gasteiger partial charge in [-0.3, -0.25) is 0 Å². The fraction of sp³-hybridized carbons (Fsp3) is 0.190. The van der Waals surface area contributed by atoms with Gasteiger partial charge in [0.15, 0.2) is 0 Å². The average molecular weight is 445 g/mol. The highest BCUT2D eigenvalue weighted by atomic mass is 35.5. The molecule has 6 nitrogen and oxygen atoms in total. The van der Waals surface area contributed by atoms with E-state index in [9.17, 15) is 4.39 Å². The van der Waals surface area contributed by atoms with Crippen LogP contribution in [-0.2, 0) is 7.05 Å². The molecule has 0 amide bonds. The number of halogens is 3. The Bertz CT molecular complexity index is 1100. The molecule has 2 heterocycles. The van der Waals surface area contributed by atoms with E-state index < -0.39 is 5.82 Å². The summed E-state index contributed by atoms with van der Waals surface area (Å²) in [5.41, 5.74) is 3.42. The minimum Gasteiger partial charge on any atom is -0.355 e. The Kier molecular flexibility index (Phi) is 5.74. The number of rotatable bonds is 5. The minimum atomic E-state index is -0.423. The lowest BCUT2D eigenvalue weighted by Gasteiger charge is -2.28. The molecule has 0 saturated carbocycles. The van der Waals surface area contributed by atoms with E-state index >= 15 is 0 Å². The maximum Gasteiger partial charge on any atom is 0.266 e. The zero-order valence-corrected chi connectivity index (χ0v) is 17.8. The second kappa shape index (κ2) is 8.45. The Balaban J connectivity index is 1.51. The van der Waals surface area contributed by atoms with Crippen LogP contribution in [-0.4, -0.2) is 33.3 Å². The number of benzene rings is 2. The average Bonchev–Trinajstić information content (AvgIpc) is 3.15. The van der Waals surface area contributed by atoms with Gasteiger partial charge in [-0.1, -0.05) is 53.1 Å². The van der Waals surface area contributed by atoms with Gasteiger partial charge in [0.2, 0.25) is 0 Å². The van der Waals surface area contributed by atoms with Crippen molar-refractivity contribution in [2.24, 2.45) is 7.05 Å². The van der Waals surface area contributed by atoms with E-state index in [4.69, 9.17) is 23.2 Å². The third-order valence-electron chi connectivity index (χ3n) is 4.85. The van der Waals surface area contributed by atoms with Gasteiger partial charge in [0.1, 0.15) is 5.82 Å². The number of nitrogens with one attached hydrogen (secondary N) is 1.